The smallest absolute Gasteiger partial charge is 0.321 e. The van der Waals surface area contributed by atoms with Crippen molar-refractivity contribution in [2.45, 2.75) is 20.0 Å². The average molecular weight is 412 g/mol. The van der Waals surface area contributed by atoms with E-state index in [1.807, 2.05) is 13.0 Å². The fourth-order valence-corrected chi connectivity index (χ4v) is 3.19. The van der Waals surface area contributed by atoms with Crippen molar-refractivity contribution in [3.8, 4) is 0 Å². The van der Waals surface area contributed by atoms with E-state index in [1.165, 1.54) is 12.1 Å². The van der Waals surface area contributed by atoms with Crippen molar-refractivity contribution < 1.29 is 18.0 Å². The molecule has 0 unspecified atom stereocenters. The van der Waals surface area contributed by atoms with E-state index in [0.29, 0.717) is 17.0 Å². The number of amides is 1. The molecule has 1 amide bonds. The average Bonchev–Trinajstić information content (AvgIpc) is 2.83. The third-order valence-electron chi connectivity index (χ3n) is 3.67. The molecule has 2 aromatic heterocycles. The zero-order chi connectivity index (χ0) is 18.4. The van der Waals surface area contributed by atoms with E-state index < -0.39 is 17.6 Å². The van der Waals surface area contributed by atoms with Crippen molar-refractivity contribution in [1.82, 2.24) is 9.38 Å². The molecule has 1 aromatic carbocycles. The maximum absolute atomic E-state index is 12.6. The van der Waals surface area contributed by atoms with Gasteiger partial charge in [0.1, 0.15) is 5.69 Å². The Bertz CT molecular complexity index is 962. The van der Waals surface area contributed by atoms with Crippen LogP contribution < -0.4 is 5.32 Å². The molecule has 0 saturated carbocycles. The van der Waals surface area contributed by atoms with E-state index in [0.717, 1.165) is 22.2 Å². The Kier molecular flexibility index (Phi) is 4.32. The van der Waals surface area contributed by atoms with Crippen LogP contribution in [0.1, 0.15) is 27.3 Å². The number of aryl methyl sites for hydroxylation is 2. The highest BCUT2D eigenvalue weighted by atomic mass is 79.9. The van der Waals surface area contributed by atoms with E-state index in [1.54, 1.807) is 17.5 Å². The molecular weight excluding hydrogens is 399 g/mol. The van der Waals surface area contributed by atoms with Crippen LogP contribution in [-0.4, -0.2) is 15.3 Å². The molecule has 0 atom stereocenters. The molecule has 0 bridgehead atoms. The summed E-state index contributed by atoms with van der Waals surface area (Å²) in [5, 5.41) is 2.61. The van der Waals surface area contributed by atoms with Crippen LogP contribution >= 0.6 is 15.9 Å². The third kappa shape index (κ3) is 3.39. The number of nitrogens with one attached hydrogen (secondary N) is 1. The molecule has 25 heavy (non-hydrogen) atoms. The van der Waals surface area contributed by atoms with Crippen molar-refractivity contribution in [2.75, 3.05) is 5.32 Å². The number of fused-ring (bicyclic) bond motifs is 1. The second-order valence-electron chi connectivity index (χ2n) is 5.63. The van der Waals surface area contributed by atoms with Gasteiger partial charge in [0.05, 0.1) is 15.7 Å². The summed E-state index contributed by atoms with van der Waals surface area (Å²) < 4.78 is 40.2. The first-order valence-corrected chi connectivity index (χ1v) is 8.09. The van der Waals surface area contributed by atoms with Crippen LogP contribution in [-0.2, 0) is 6.18 Å². The summed E-state index contributed by atoms with van der Waals surface area (Å²) in [5.41, 5.74) is 1.89. The first-order valence-electron chi connectivity index (χ1n) is 7.30. The molecule has 0 aliphatic heterocycles. The Morgan fingerprint density at radius 1 is 1.20 bits per heavy atom. The number of carbonyl (C=O) groups excluding carboxylic acids is 1. The van der Waals surface area contributed by atoms with Crippen LogP contribution in [0.25, 0.3) is 5.65 Å². The van der Waals surface area contributed by atoms with Gasteiger partial charge in [-0.15, -0.1) is 0 Å². The van der Waals surface area contributed by atoms with Gasteiger partial charge >= 0.3 is 6.18 Å². The number of alkyl halides is 3. The number of aromatic nitrogens is 2. The van der Waals surface area contributed by atoms with E-state index >= 15 is 0 Å². The monoisotopic (exact) mass is 411 g/mol. The van der Waals surface area contributed by atoms with Crippen LogP contribution in [0.3, 0.4) is 0 Å². The summed E-state index contributed by atoms with van der Waals surface area (Å²) >= 11 is 3.42. The zero-order valence-electron chi connectivity index (χ0n) is 13.3. The minimum absolute atomic E-state index is 0.277. The molecule has 0 radical (unpaired) electrons. The lowest BCUT2D eigenvalue weighted by molar-refractivity contribution is -0.137. The van der Waals surface area contributed by atoms with Gasteiger partial charge in [0.25, 0.3) is 5.91 Å². The topological polar surface area (TPSA) is 46.4 Å². The first kappa shape index (κ1) is 17.5. The summed E-state index contributed by atoms with van der Waals surface area (Å²) in [5.74, 6) is -0.442. The number of hydrogen-bond donors (Lipinski definition) is 1. The Morgan fingerprint density at radius 2 is 1.84 bits per heavy atom. The SMILES string of the molecule is Cc1cc(Br)c2nc(C)c(C(=O)Nc3ccc(C(F)(F)F)cc3)n2c1. The molecule has 1 N–H and O–H groups in total. The molecule has 3 rings (SSSR count). The molecular formula is C17H13BrF3N3O. The Morgan fingerprint density at radius 3 is 2.44 bits per heavy atom. The van der Waals surface area contributed by atoms with Gasteiger partial charge in [-0.2, -0.15) is 13.2 Å². The Balaban J connectivity index is 1.94. The van der Waals surface area contributed by atoms with Gasteiger partial charge in [0.2, 0.25) is 0 Å². The lowest BCUT2D eigenvalue weighted by Crippen LogP contribution is -2.16. The fourth-order valence-electron chi connectivity index (χ4n) is 2.55. The first-order chi connectivity index (χ1) is 11.7. The number of benzene rings is 1. The van der Waals surface area contributed by atoms with Gasteiger partial charge < -0.3 is 5.32 Å². The fraction of sp³-hybridized carbons (Fsp3) is 0.176. The highest BCUT2D eigenvalue weighted by Crippen LogP contribution is 2.30. The van der Waals surface area contributed by atoms with Gasteiger partial charge in [0.15, 0.2) is 5.65 Å². The van der Waals surface area contributed by atoms with Gasteiger partial charge in [-0.1, -0.05) is 0 Å². The van der Waals surface area contributed by atoms with E-state index in [9.17, 15) is 18.0 Å². The van der Waals surface area contributed by atoms with Gasteiger partial charge in [-0.25, -0.2) is 4.98 Å². The second kappa shape index (κ2) is 6.18. The van der Waals surface area contributed by atoms with Crippen LogP contribution in [0.15, 0.2) is 41.0 Å². The van der Waals surface area contributed by atoms with Crippen molar-refractivity contribution in [3.63, 3.8) is 0 Å². The Labute approximate surface area is 149 Å². The molecule has 0 aliphatic rings. The van der Waals surface area contributed by atoms with Gasteiger partial charge in [0, 0.05) is 11.9 Å². The molecule has 0 saturated heterocycles. The largest absolute Gasteiger partial charge is 0.416 e. The lowest BCUT2D eigenvalue weighted by atomic mass is 10.2. The number of halogens is 4. The van der Waals surface area contributed by atoms with Crippen molar-refractivity contribution >= 4 is 33.2 Å². The summed E-state index contributed by atoms with van der Waals surface area (Å²) in [6.45, 7) is 3.59. The lowest BCUT2D eigenvalue weighted by Gasteiger charge is -2.09. The predicted molar refractivity (Wildman–Crippen MR) is 91.8 cm³/mol. The van der Waals surface area contributed by atoms with Crippen LogP contribution in [0.5, 0.6) is 0 Å². The van der Waals surface area contributed by atoms with Crippen LogP contribution in [0.4, 0.5) is 18.9 Å². The normalized spacial score (nSPS) is 11.8. The summed E-state index contributed by atoms with van der Waals surface area (Å²) in [6, 6.07) is 6.19. The van der Waals surface area contributed by atoms with Crippen molar-refractivity contribution in [3.05, 3.63) is 63.5 Å². The summed E-state index contributed by atoms with van der Waals surface area (Å²) in [7, 11) is 0. The molecule has 0 spiro atoms. The number of rotatable bonds is 2. The minimum Gasteiger partial charge on any atom is -0.321 e. The van der Waals surface area contributed by atoms with Crippen molar-refractivity contribution in [1.29, 1.82) is 0 Å². The quantitative estimate of drug-likeness (QED) is 0.645. The molecule has 8 heteroatoms. The van der Waals surface area contributed by atoms with E-state index in [4.69, 9.17) is 0 Å². The zero-order valence-corrected chi connectivity index (χ0v) is 14.9. The molecule has 4 nitrogen and oxygen atoms in total. The highest BCUT2D eigenvalue weighted by molar-refractivity contribution is 9.10. The third-order valence-corrected chi connectivity index (χ3v) is 4.25. The Hall–Kier alpha value is -2.35. The predicted octanol–water partition coefficient (Wildman–Crippen LogP) is 4.98. The number of anilines is 1. The second-order valence-corrected chi connectivity index (χ2v) is 6.49. The van der Waals surface area contributed by atoms with Crippen molar-refractivity contribution in [2.24, 2.45) is 0 Å². The number of hydrogen-bond acceptors (Lipinski definition) is 2. The maximum Gasteiger partial charge on any atom is 0.416 e. The molecule has 0 fully saturated rings. The van der Waals surface area contributed by atoms with Gasteiger partial charge in [-0.3, -0.25) is 9.20 Å². The summed E-state index contributed by atoms with van der Waals surface area (Å²) in [4.78, 5) is 17.0. The standard InChI is InChI=1S/C17H13BrF3N3O/c1-9-7-13(18)15-22-10(2)14(24(15)8-9)16(25)23-12-5-3-11(4-6-12)17(19,20)21/h3-8H,1-2H3,(H,23,25). The number of carbonyl (C=O) groups is 1. The highest BCUT2D eigenvalue weighted by Gasteiger charge is 2.30. The van der Waals surface area contributed by atoms with Gasteiger partial charge in [-0.05, 0) is 65.7 Å². The minimum atomic E-state index is -4.41. The molecule has 2 heterocycles. The van der Waals surface area contributed by atoms with E-state index in [2.05, 4.69) is 26.2 Å². The van der Waals surface area contributed by atoms with E-state index in [-0.39, 0.29) is 5.69 Å². The molecule has 130 valence electrons. The number of imidazole rings is 1. The maximum atomic E-state index is 12.6. The number of nitrogens with zero attached hydrogens (tertiary/aromatic N) is 2. The van der Waals surface area contributed by atoms with Crippen LogP contribution in [0.2, 0.25) is 0 Å². The summed E-state index contributed by atoms with van der Waals surface area (Å²) in [6.07, 6.45) is -2.63. The van der Waals surface area contributed by atoms with Crippen LogP contribution in [0, 0.1) is 13.8 Å². The molecule has 0 aliphatic carbocycles. The molecule has 3 aromatic rings. The number of pyridine rings is 1.